The van der Waals surface area contributed by atoms with E-state index < -0.39 is 11.2 Å². The molecule has 0 aliphatic carbocycles. The maximum absolute atomic E-state index is 12.5. The highest BCUT2D eigenvalue weighted by atomic mass is 35.5. The first-order chi connectivity index (χ1) is 14.6. The Balaban J connectivity index is 1.61. The number of hydrogen-bond donors (Lipinski definition) is 2. The average Bonchev–Trinajstić information content (AvgIpc) is 2.74. The fourth-order valence-electron chi connectivity index (χ4n) is 3.07. The van der Waals surface area contributed by atoms with Gasteiger partial charge in [0.15, 0.2) is 0 Å². The predicted molar refractivity (Wildman–Crippen MR) is 114 cm³/mol. The lowest BCUT2D eigenvalue weighted by Gasteiger charge is -2.13. The zero-order chi connectivity index (χ0) is 20.9. The zero-order valence-corrected chi connectivity index (χ0v) is 16.6. The minimum absolute atomic E-state index is 0.0723. The highest BCUT2D eigenvalue weighted by Gasteiger charge is 2.16. The van der Waals surface area contributed by atoms with Crippen LogP contribution in [0, 0.1) is 0 Å². The molecule has 0 aliphatic heterocycles. The summed E-state index contributed by atoms with van der Waals surface area (Å²) in [5.74, 6) is 0.0723. The molecule has 2 N–H and O–H groups in total. The highest BCUT2D eigenvalue weighted by molar-refractivity contribution is 6.30. The van der Waals surface area contributed by atoms with E-state index in [1.165, 1.54) is 10.6 Å². The molecule has 0 amide bonds. The normalized spacial score (nSPS) is 11.0. The van der Waals surface area contributed by atoms with Gasteiger partial charge in [0.25, 0.3) is 5.56 Å². The molecule has 8 nitrogen and oxygen atoms in total. The Morgan fingerprint density at radius 2 is 1.90 bits per heavy atom. The minimum atomic E-state index is -0.581. The third-order valence-electron chi connectivity index (χ3n) is 4.39. The van der Waals surface area contributed by atoms with E-state index in [-0.39, 0.29) is 23.0 Å². The number of nitrogens with zero attached hydrogens (tertiary/aromatic N) is 3. The third-order valence-corrected chi connectivity index (χ3v) is 4.58. The van der Waals surface area contributed by atoms with Crippen LogP contribution >= 0.6 is 11.6 Å². The maximum atomic E-state index is 12.5. The molecule has 0 atom stereocenters. The van der Waals surface area contributed by atoms with Gasteiger partial charge in [-0.05, 0) is 24.3 Å². The van der Waals surface area contributed by atoms with Gasteiger partial charge < -0.3 is 10.1 Å². The number of nitrogens with one attached hydrogen (secondary N) is 2. The molecule has 1 aromatic carbocycles. The van der Waals surface area contributed by atoms with E-state index in [1.807, 2.05) is 24.3 Å². The summed E-state index contributed by atoms with van der Waals surface area (Å²) in [6.07, 6.45) is 1.73. The number of halogens is 1. The summed E-state index contributed by atoms with van der Waals surface area (Å²) in [6.45, 7) is 1.34. The molecule has 0 saturated carbocycles. The molecule has 0 fully saturated rings. The minimum Gasteiger partial charge on any atom is -0.476 e. The first kappa shape index (κ1) is 19.8. The van der Waals surface area contributed by atoms with Crippen molar-refractivity contribution in [2.24, 2.45) is 0 Å². The smallest absolute Gasteiger partial charge is 0.333 e. The van der Waals surface area contributed by atoms with Crippen molar-refractivity contribution in [2.75, 3.05) is 13.2 Å². The van der Waals surface area contributed by atoms with E-state index >= 15 is 0 Å². The van der Waals surface area contributed by atoms with Crippen molar-refractivity contribution in [3.8, 4) is 11.6 Å². The summed E-state index contributed by atoms with van der Waals surface area (Å²) >= 11 is 6.17. The first-order valence-electron chi connectivity index (χ1n) is 9.28. The van der Waals surface area contributed by atoms with Crippen molar-refractivity contribution >= 4 is 22.5 Å². The molecule has 0 spiro atoms. The van der Waals surface area contributed by atoms with Gasteiger partial charge in [0.1, 0.15) is 17.1 Å². The molecular weight excluding hydrogens is 406 g/mol. The number of pyridine rings is 2. The molecule has 0 radical (unpaired) electrons. The summed E-state index contributed by atoms with van der Waals surface area (Å²) in [7, 11) is 0. The maximum Gasteiger partial charge on any atom is 0.333 e. The van der Waals surface area contributed by atoms with Crippen LogP contribution < -0.4 is 21.3 Å². The number of fused-ring (bicyclic) bond motifs is 1. The molecule has 4 rings (SSSR count). The summed E-state index contributed by atoms with van der Waals surface area (Å²) in [5, 5.41) is 3.49. The highest BCUT2D eigenvalue weighted by Crippen LogP contribution is 2.24. The summed E-state index contributed by atoms with van der Waals surface area (Å²) in [6, 6.07) is 16.1. The average molecular weight is 424 g/mol. The second kappa shape index (κ2) is 8.89. The van der Waals surface area contributed by atoms with Crippen molar-refractivity contribution in [3.63, 3.8) is 0 Å². The summed E-state index contributed by atoms with van der Waals surface area (Å²) < 4.78 is 7.11. The lowest BCUT2D eigenvalue weighted by Crippen LogP contribution is -2.30. The third kappa shape index (κ3) is 4.24. The number of hydrogen-bond acceptors (Lipinski definition) is 6. The Labute approximate surface area is 176 Å². The molecule has 0 bridgehead atoms. The van der Waals surface area contributed by atoms with E-state index in [0.29, 0.717) is 24.3 Å². The van der Waals surface area contributed by atoms with Crippen molar-refractivity contribution in [1.29, 1.82) is 0 Å². The monoisotopic (exact) mass is 423 g/mol. The van der Waals surface area contributed by atoms with E-state index in [2.05, 4.69) is 20.3 Å². The number of para-hydroxylation sites is 1. The van der Waals surface area contributed by atoms with Crippen LogP contribution in [0.3, 0.4) is 0 Å². The second-order valence-corrected chi connectivity index (χ2v) is 6.81. The van der Waals surface area contributed by atoms with E-state index in [9.17, 15) is 9.59 Å². The molecule has 0 aliphatic rings. The van der Waals surface area contributed by atoms with Crippen LogP contribution in [-0.4, -0.2) is 32.7 Å². The fraction of sp³-hybridized carbons (Fsp3) is 0.143. The van der Waals surface area contributed by atoms with E-state index in [1.54, 1.807) is 30.5 Å². The Morgan fingerprint density at radius 1 is 1.10 bits per heavy atom. The standard InChI is InChI=1S/C21H18ClN5O3/c22-17-12-16-18(19(28)26-21(29)27(16)15-7-2-1-3-8-15)20(25-17)30-11-10-23-13-14-6-4-5-9-24-14/h1-9,12,23H,10-11,13H2,(H,26,28,29). The van der Waals surface area contributed by atoms with Gasteiger partial charge >= 0.3 is 5.69 Å². The van der Waals surface area contributed by atoms with Gasteiger partial charge in [0, 0.05) is 25.4 Å². The van der Waals surface area contributed by atoms with E-state index in [4.69, 9.17) is 16.3 Å². The van der Waals surface area contributed by atoms with E-state index in [0.717, 1.165) is 5.69 Å². The van der Waals surface area contributed by atoms with Crippen LogP contribution in [0.1, 0.15) is 5.69 Å². The number of H-pyrrole nitrogens is 1. The quantitative estimate of drug-likeness (QED) is 0.349. The number of rotatable bonds is 7. The van der Waals surface area contributed by atoms with Gasteiger partial charge in [-0.1, -0.05) is 35.9 Å². The SMILES string of the molecule is O=c1[nH]c(=O)n(-c2ccccc2)c2cc(Cl)nc(OCCNCc3ccccn3)c12. The van der Waals surface area contributed by atoms with Crippen molar-refractivity contribution in [1.82, 2.24) is 24.8 Å². The largest absolute Gasteiger partial charge is 0.476 e. The number of aromatic nitrogens is 4. The van der Waals surface area contributed by atoms with Crippen LogP contribution in [0.2, 0.25) is 5.15 Å². The summed E-state index contributed by atoms with van der Waals surface area (Å²) in [4.78, 5) is 35.7. The molecule has 30 heavy (non-hydrogen) atoms. The van der Waals surface area contributed by atoms with Gasteiger partial charge in [-0.15, -0.1) is 0 Å². The molecule has 4 aromatic rings. The van der Waals surface area contributed by atoms with Crippen molar-refractivity contribution < 1.29 is 4.74 Å². The molecular formula is C21H18ClN5O3. The molecule has 3 heterocycles. The zero-order valence-electron chi connectivity index (χ0n) is 15.8. The Bertz CT molecular complexity index is 1270. The molecule has 0 unspecified atom stereocenters. The predicted octanol–water partition coefficient (Wildman–Crippen LogP) is 2.29. The first-order valence-corrected chi connectivity index (χ1v) is 9.66. The van der Waals surface area contributed by atoms with Gasteiger partial charge in [-0.25, -0.2) is 9.78 Å². The topological polar surface area (TPSA) is 102 Å². The van der Waals surface area contributed by atoms with Crippen LogP contribution in [-0.2, 0) is 6.54 Å². The van der Waals surface area contributed by atoms with Gasteiger partial charge in [-0.3, -0.25) is 19.3 Å². The fourth-order valence-corrected chi connectivity index (χ4v) is 3.25. The Kier molecular flexibility index (Phi) is 5.87. The molecule has 3 aromatic heterocycles. The van der Waals surface area contributed by atoms with Crippen LogP contribution in [0.25, 0.3) is 16.6 Å². The van der Waals surface area contributed by atoms with Gasteiger partial charge in [0.05, 0.1) is 16.9 Å². The Morgan fingerprint density at radius 3 is 2.67 bits per heavy atom. The number of ether oxygens (including phenoxy) is 1. The lowest BCUT2D eigenvalue weighted by molar-refractivity contribution is 0.305. The Hall–Kier alpha value is -3.49. The molecule has 152 valence electrons. The summed E-state index contributed by atoms with van der Waals surface area (Å²) in [5.41, 5.74) is 0.680. The van der Waals surface area contributed by atoms with Gasteiger partial charge in [0.2, 0.25) is 5.88 Å². The van der Waals surface area contributed by atoms with Crippen molar-refractivity contribution in [2.45, 2.75) is 6.54 Å². The number of aromatic amines is 1. The lowest BCUT2D eigenvalue weighted by atomic mass is 10.2. The van der Waals surface area contributed by atoms with Crippen molar-refractivity contribution in [3.05, 3.63) is 92.5 Å². The molecule has 0 saturated heterocycles. The van der Waals surface area contributed by atoms with Gasteiger partial charge in [-0.2, -0.15) is 0 Å². The van der Waals surface area contributed by atoms with Crippen LogP contribution in [0.4, 0.5) is 0 Å². The second-order valence-electron chi connectivity index (χ2n) is 6.42. The van der Waals surface area contributed by atoms with Crippen LogP contribution in [0.15, 0.2) is 70.4 Å². The van der Waals surface area contributed by atoms with Crippen LogP contribution in [0.5, 0.6) is 5.88 Å². The molecule has 9 heteroatoms. The number of benzene rings is 1.